The summed E-state index contributed by atoms with van der Waals surface area (Å²) in [5, 5.41) is 9.84. The summed E-state index contributed by atoms with van der Waals surface area (Å²) in [6, 6.07) is 5.25. The zero-order chi connectivity index (χ0) is 15.5. The minimum atomic E-state index is -0.660. The van der Waals surface area contributed by atoms with Crippen molar-refractivity contribution in [2.75, 3.05) is 32.7 Å². The van der Waals surface area contributed by atoms with Crippen LogP contribution in [-0.2, 0) is 13.1 Å². The topological polar surface area (TPSA) is 52.7 Å². The molecule has 1 aliphatic heterocycles. The number of hydrogen-bond donors (Lipinski definition) is 2. The molecule has 1 heterocycles. The zero-order valence-electron chi connectivity index (χ0n) is 13.0. The normalized spacial score (nSPS) is 18.1. The van der Waals surface area contributed by atoms with Gasteiger partial charge in [0.25, 0.3) is 0 Å². The minimum absolute atomic E-state index is 0.170. The molecule has 5 heteroatoms. The first kappa shape index (κ1) is 16.4. The Morgan fingerprint density at radius 3 is 2.33 bits per heavy atom. The second kappa shape index (κ2) is 6.83. The van der Waals surface area contributed by atoms with Gasteiger partial charge in [-0.05, 0) is 25.5 Å². The molecule has 0 amide bonds. The Balaban J connectivity index is 1.86. The molecule has 1 fully saturated rings. The molecule has 2 rings (SSSR count). The average Bonchev–Trinajstić information content (AvgIpc) is 2.41. The Morgan fingerprint density at radius 2 is 1.81 bits per heavy atom. The van der Waals surface area contributed by atoms with Crippen LogP contribution in [0.4, 0.5) is 4.39 Å². The third-order valence-corrected chi connectivity index (χ3v) is 3.82. The van der Waals surface area contributed by atoms with Gasteiger partial charge < -0.3 is 10.8 Å². The van der Waals surface area contributed by atoms with Crippen LogP contribution in [0.5, 0.6) is 0 Å². The molecule has 1 saturated heterocycles. The molecule has 21 heavy (non-hydrogen) atoms. The van der Waals surface area contributed by atoms with Gasteiger partial charge in [0.2, 0.25) is 0 Å². The molecule has 0 atom stereocenters. The monoisotopic (exact) mass is 295 g/mol. The van der Waals surface area contributed by atoms with Crippen LogP contribution in [0.3, 0.4) is 0 Å². The molecule has 4 nitrogen and oxygen atoms in total. The van der Waals surface area contributed by atoms with Crippen LogP contribution >= 0.6 is 0 Å². The summed E-state index contributed by atoms with van der Waals surface area (Å²) in [6.07, 6.45) is 0. The number of β-amino-alcohol motifs (C(OH)–C–C–N with tert-alkyl or cyclic N) is 1. The number of rotatable bonds is 5. The molecular weight excluding hydrogens is 269 g/mol. The largest absolute Gasteiger partial charge is 0.389 e. The van der Waals surface area contributed by atoms with Crippen LogP contribution in [-0.4, -0.2) is 53.2 Å². The lowest BCUT2D eigenvalue weighted by atomic mass is 10.1. The molecule has 1 aliphatic rings. The quantitative estimate of drug-likeness (QED) is 0.856. The van der Waals surface area contributed by atoms with E-state index in [2.05, 4.69) is 9.80 Å². The Hall–Kier alpha value is -1.01. The van der Waals surface area contributed by atoms with Crippen LogP contribution in [0, 0.1) is 5.82 Å². The van der Waals surface area contributed by atoms with Crippen LogP contribution < -0.4 is 5.73 Å². The van der Waals surface area contributed by atoms with Crippen LogP contribution in [0.15, 0.2) is 18.2 Å². The number of nitrogens with two attached hydrogens (primary N) is 1. The molecule has 1 aromatic carbocycles. The van der Waals surface area contributed by atoms with Crippen molar-refractivity contribution in [1.29, 1.82) is 0 Å². The molecule has 0 radical (unpaired) electrons. The van der Waals surface area contributed by atoms with Crippen molar-refractivity contribution in [3.8, 4) is 0 Å². The van der Waals surface area contributed by atoms with Crippen molar-refractivity contribution in [2.24, 2.45) is 5.73 Å². The summed E-state index contributed by atoms with van der Waals surface area (Å²) in [4.78, 5) is 4.51. The molecule has 3 N–H and O–H groups in total. The van der Waals surface area contributed by atoms with Gasteiger partial charge in [-0.25, -0.2) is 4.39 Å². The van der Waals surface area contributed by atoms with Crippen molar-refractivity contribution in [2.45, 2.75) is 32.5 Å². The maximum absolute atomic E-state index is 14.0. The predicted octanol–water partition coefficient (Wildman–Crippen LogP) is 1.17. The molecule has 0 spiro atoms. The van der Waals surface area contributed by atoms with Crippen LogP contribution in [0.25, 0.3) is 0 Å². The van der Waals surface area contributed by atoms with E-state index in [1.165, 1.54) is 6.07 Å². The highest BCUT2D eigenvalue weighted by molar-refractivity contribution is 5.24. The first-order valence-electron chi connectivity index (χ1n) is 7.52. The Morgan fingerprint density at radius 1 is 1.19 bits per heavy atom. The third kappa shape index (κ3) is 5.04. The Kier molecular flexibility index (Phi) is 5.32. The SMILES string of the molecule is CC(C)(O)CN1CCN(Cc2ccc(CN)cc2F)CC1. The summed E-state index contributed by atoms with van der Waals surface area (Å²) in [5.74, 6) is -0.170. The summed E-state index contributed by atoms with van der Waals surface area (Å²) in [5.41, 5.74) is 6.41. The van der Waals surface area contributed by atoms with Crippen molar-refractivity contribution in [3.63, 3.8) is 0 Å². The smallest absolute Gasteiger partial charge is 0.128 e. The maximum atomic E-state index is 14.0. The standard InChI is InChI=1S/C16H26FN3O/c1-16(2,21)12-20-7-5-19(6-8-20)11-14-4-3-13(10-18)9-15(14)17/h3-4,9,21H,5-8,10-12,18H2,1-2H3. The van der Waals surface area contributed by atoms with E-state index in [1.54, 1.807) is 0 Å². The molecule has 1 aromatic rings. The number of piperazine rings is 1. The number of benzene rings is 1. The van der Waals surface area contributed by atoms with Gasteiger partial charge in [-0.1, -0.05) is 12.1 Å². The molecule has 0 aromatic heterocycles. The predicted molar refractivity (Wildman–Crippen MR) is 82.3 cm³/mol. The third-order valence-electron chi connectivity index (χ3n) is 3.82. The van der Waals surface area contributed by atoms with E-state index in [1.807, 2.05) is 26.0 Å². The van der Waals surface area contributed by atoms with Crippen molar-refractivity contribution < 1.29 is 9.50 Å². The second-order valence-electron chi connectivity index (χ2n) is 6.49. The fourth-order valence-electron chi connectivity index (χ4n) is 2.74. The minimum Gasteiger partial charge on any atom is -0.389 e. The average molecular weight is 295 g/mol. The first-order valence-corrected chi connectivity index (χ1v) is 7.52. The van der Waals surface area contributed by atoms with E-state index < -0.39 is 5.60 Å². The first-order chi connectivity index (χ1) is 9.87. The second-order valence-corrected chi connectivity index (χ2v) is 6.49. The van der Waals surface area contributed by atoms with E-state index in [0.717, 1.165) is 37.3 Å². The van der Waals surface area contributed by atoms with Gasteiger partial charge in [-0.2, -0.15) is 0 Å². The van der Waals surface area contributed by atoms with Gasteiger partial charge in [-0.3, -0.25) is 9.80 Å². The van der Waals surface area contributed by atoms with Gasteiger partial charge >= 0.3 is 0 Å². The van der Waals surface area contributed by atoms with Gasteiger partial charge in [0.1, 0.15) is 5.82 Å². The Labute approximate surface area is 126 Å². The number of hydrogen-bond acceptors (Lipinski definition) is 4. The van der Waals surface area contributed by atoms with E-state index in [0.29, 0.717) is 19.6 Å². The lowest BCUT2D eigenvalue weighted by Crippen LogP contribution is -2.50. The fraction of sp³-hybridized carbons (Fsp3) is 0.625. The van der Waals surface area contributed by atoms with Crippen molar-refractivity contribution in [3.05, 3.63) is 35.1 Å². The number of aliphatic hydroxyl groups is 1. The zero-order valence-corrected chi connectivity index (χ0v) is 13.0. The molecule has 0 aliphatic carbocycles. The summed E-state index contributed by atoms with van der Waals surface area (Å²) in [6.45, 7) is 8.95. The summed E-state index contributed by atoms with van der Waals surface area (Å²) < 4.78 is 14.0. The molecule has 0 unspecified atom stereocenters. The van der Waals surface area contributed by atoms with Gasteiger partial charge in [0.05, 0.1) is 5.60 Å². The van der Waals surface area contributed by atoms with E-state index in [4.69, 9.17) is 5.73 Å². The van der Waals surface area contributed by atoms with Gasteiger partial charge in [0.15, 0.2) is 0 Å². The fourth-order valence-corrected chi connectivity index (χ4v) is 2.74. The van der Waals surface area contributed by atoms with Gasteiger partial charge in [-0.15, -0.1) is 0 Å². The number of nitrogens with zero attached hydrogens (tertiary/aromatic N) is 2. The maximum Gasteiger partial charge on any atom is 0.128 e. The Bertz CT molecular complexity index is 465. The van der Waals surface area contributed by atoms with Gasteiger partial charge in [0, 0.05) is 51.4 Å². The van der Waals surface area contributed by atoms with Crippen molar-refractivity contribution >= 4 is 0 Å². The van der Waals surface area contributed by atoms with Crippen molar-refractivity contribution in [1.82, 2.24) is 9.80 Å². The van der Waals surface area contributed by atoms with Crippen LogP contribution in [0.1, 0.15) is 25.0 Å². The molecule has 0 saturated carbocycles. The lowest BCUT2D eigenvalue weighted by molar-refractivity contribution is 0.0165. The molecule has 118 valence electrons. The molecule has 0 bridgehead atoms. The van der Waals surface area contributed by atoms with E-state index >= 15 is 0 Å². The summed E-state index contributed by atoms with van der Waals surface area (Å²) in [7, 11) is 0. The van der Waals surface area contributed by atoms with Crippen LogP contribution in [0.2, 0.25) is 0 Å². The van der Waals surface area contributed by atoms with E-state index in [9.17, 15) is 9.50 Å². The highest BCUT2D eigenvalue weighted by Crippen LogP contribution is 2.15. The number of halogens is 1. The summed E-state index contributed by atoms with van der Waals surface area (Å²) >= 11 is 0. The highest BCUT2D eigenvalue weighted by Gasteiger charge is 2.23. The highest BCUT2D eigenvalue weighted by atomic mass is 19.1. The lowest BCUT2D eigenvalue weighted by Gasteiger charge is -2.37. The molecular formula is C16H26FN3O. The van der Waals surface area contributed by atoms with E-state index in [-0.39, 0.29) is 5.82 Å².